The molecule has 2 N–H and O–H groups in total. The molecule has 8 heteroatoms. The first-order valence-electron chi connectivity index (χ1n) is 7.43. The van der Waals surface area contributed by atoms with Gasteiger partial charge < -0.3 is 20.1 Å². The molecule has 0 atom stereocenters. The number of aromatic nitrogens is 2. The molecule has 0 aliphatic carbocycles. The van der Waals surface area contributed by atoms with Crippen LogP contribution in [0.5, 0.6) is 0 Å². The second-order valence-electron chi connectivity index (χ2n) is 5.06. The second-order valence-corrected chi connectivity index (χ2v) is 5.90. The molecule has 23 heavy (non-hydrogen) atoms. The Labute approximate surface area is 159 Å². The molecule has 0 bridgehead atoms. The van der Waals surface area contributed by atoms with Gasteiger partial charge in [-0.25, -0.2) is 9.98 Å². The van der Waals surface area contributed by atoms with E-state index < -0.39 is 0 Å². The van der Waals surface area contributed by atoms with Crippen molar-refractivity contribution in [2.45, 2.75) is 20.0 Å². The minimum atomic E-state index is 0. The summed E-state index contributed by atoms with van der Waals surface area (Å²) in [5.41, 5.74) is 0.997. The first-order chi connectivity index (χ1) is 10.7. The van der Waals surface area contributed by atoms with E-state index in [1.54, 1.807) is 11.3 Å². The highest BCUT2D eigenvalue weighted by molar-refractivity contribution is 14.0. The van der Waals surface area contributed by atoms with E-state index in [4.69, 9.17) is 0 Å². The average molecular weight is 448 g/mol. The van der Waals surface area contributed by atoms with Crippen LogP contribution >= 0.6 is 35.3 Å². The number of guanidine groups is 1. The zero-order chi connectivity index (χ0) is 15.8. The van der Waals surface area contributed by atoms with Crippen molar-refractivity contribution >= 4 is 46.4 Å². The molecular weight excluding hydrogens is 423 g/mol. The molecule has 2 heterocycles. The van der Waals surface area contributed by atoms with Crippen molar-refractivity contribution in [2.24, 2.45) is 4.99 Å². The fourth-order valence-electron chi connectivity index (χ4n) is 1.90. The number of nitrogens with one attached hydrogen (secondary N) is 2. The van der Waals surface area contributed by atoms with Crippen LogP contribution in [-0.2, 0) is 13.1 Å². The Bertz CT molecular complexity index is 579. The van der Waals surface area contributed by atoms with Crippen LogP contribution in [0.15, 0.2) is 34.9 Å². The highest BCUT2D eigenvalue weighted by Gasteiger charge is 2.03. The van der Waals surface area contributed by atoms with Crippen molar-refractivity contribution in [3.63, 3.8) is 0 Å². The smallest absolute Gasteiger partial charge is 0.191 e. The monoisotopic (exact) mass is 448 g/mol. The molecule has 0 aliphatic rings. The SMILES string of the molecule is CCNC(=NCc1csc(N(C)C)n1)NCCn1cccc1.I. The predicted octanol–water partition coefficient (Wildman–Crippen LogP) is 2.38. The molecule has 0 saturated heterocycles. The summed E-state index contributed by atoms with van der Waals surface area (Å²) < 4.78 is 2.14. The number of thiazole rings is 1. The normalized spacial score (nSPS) is 11.0. The third-order valence-corrected chi connectivity index (χ3v) is 4.05. The van der Waals surface area contributed by atoms with Crippen LogP contribution in [0.2, 0.25) is 0 Å². The lowest BCUT2D eigenvalue weighted by molar-refractivity contribution is 0.665. The summed E-state index contributed by atoms with van der Waals surface area (Å²) in [6, 6.07) is 4.06. The number of aliphatic imine (C=N–C) groups is 1. The molecule has 0 aromatic carbocycles. The van der Waals surface area contributed by atoms with Crippen LogP contribution < -0.4 is 15.5 Å². The largest absolute Gasteiger partial charge is 0.357 e. The minimum absolute atomic E-state index is 0. The van der Waals surface area contributed by atoms with Crippen LogP contribution in [0.25, 0.3) is 0 Å². The number of rotatable bonds is 7. The van der Waals surface area contributed by atoms with Gasteiger partial charge in [-0.2, -0.15) is 0 Å². The molecule has 0 fully saturated rings. The second kappa shape index (κ2) is 10.5. The van der Waals surface area contributed by atoms with Crippen molar-refractivity contribution in [1.82, 2.24) is 20.2 Å². The lowest BCUT2D eigenvalue weighted by Gasteiger charge is -2.11. The summed E-state index contributed by atoms with van der Waals surface area (Å²) in [5, 5.41) is 9.67. The van der Waals surface area contributed by atoms with Crippen LogP contribution in [0, 0.1) is 0 Å². The predicted molar refractivity (Wildman–Crippen MR) is 109 cm³/mol. The Hall–Kier alpha value is -1.29. The van der Waals surface area contributed by atoms with Gasteiger partial charge in [-0.3, -0.25) is 0 Å². The van der Waals surface area contributed by atoms with Gasteiger partial charge in [-0.1, -0.05) is 0 Å². The maximum atomic E-state index is 4.59. The maximum absolute atomic E-state index is 4.59. The molecule has 0 spiro atoms. The van der Waals surface area contributed by atoms with Gasteiger partial charge in [0.1, 0.15) is 0 Å². The molecule has 2 rings (SSSR count). The first kappa shape index (κ1) is 19.8. The third-order valence-electron chi connectivity index (χ3n) is 2.99. The Balaban J connectivity index is 0.00000264. The van der Waals surface area contributed by atoms with E-state index in [1.807, 2.05) is 31.1 Å². The van der Waals surface area contributed by atoms with E-state index in [9.17, 15) is 0 Å². The van der Waals surface area contributed by atoms with Gasteiger partial charge in [0, 0.05) is 51.5 Å². The maximum Gasteiger partial charge on any atom is 0.191 e. The van der Waals surface area contributed by atoms with Gasteiger partial charge >= 0.3 is 0 Å². The van der Waals surface area contributed by atoms with Crippen molar-refractivity contribution in [1.29, 1.82) is 0 Å². The van der Waals surface area contributed by atoms with Gasteiger partial charge in [0.25, 0.3) is 0 Å². The summed E-state index contributed by atoms with van der Waals surface area (Å²) in [7, 11) is 4.00. The topological polar surface area (TPSA) is 57.5 Å². The van der Waals surface area contributed by atoms with E-state index in [2.05, 4.69) is 49.9 Å². The van der Waals surface area contributed by atoms with E-state index >= 15 is 0 Å². The van der Waals surface area contributed by atoms with Gasteiger partial charge in [-0.05, 0) is 19.1 Å². The Morgan fingerprint density at radius 3 is 2.65 bits per heavy atom. The van der Waals surface area contributed by atoms with Gasteiger partial charge in [-0.15, -0.1) is 35.3 Å². The molecule has 2 aromatic heterocycles. The number of nitrogens with zero attached hydrogens (tertiary/aromatic N) is 4. The number of halogens is 1. The van der Waals surface area contributed by atoms with Crippen molar-refractivity contribution in [2.75, 3.05) is 32.1 Å². The Morgan fingerprint density at radius 2 is 2.04 bits per heavy atom. The summed E-state index contributed by atoms with van der Waals surface area (Å²) in [5.74, 6) is 0.828. The van der Waals surface area contributed by atoms with Crippen molar-refractivity contribution in [3.8, 4) is 0 Å². The number of anilines is 1. The van der Waals surface area contributed by atoms with E-state index in [0.717, 1.165) is 36.4 Å². The third kappa shape index (κ3) is 6.78. The highest BCUT2D eigenvalue weighted by atomic mass is 127. The van der Waals surface area contributed by atoms with Crippen molar-refractivity contribution in [3.05, 3.63) is 35.6 Å². The van der Waals surface area contributed by atoms with Crippen molar-refractivity contribution < 1.29 is 0 Å². The molecule has 0 saturated carbocycles. The van der Waals surface area contributed by atoms with Crippen LogP contribution in [0.3, 0.4) is 0 Å². The molecule has 2 aromatic rings. The minimum Gasteiger partial charge on any atom is -0.357 e. The first-order valence-corrected chi connectivity index (χ1v) is 8.31. The average Bonchev–Trinajstić information content (AvgIpc) is 3.16. The molecule has 0 aliphatic heterocycles. The molecular formula is C15H25IN6S. The summed E-state index contributed by atoms with van der Waals surface area (Å²) >= 11 is 1.64. The zero-order valence-corrected chi connectivity index (χ0v) is 17.0. The standard InChI is InChI=1S/C15H24N6S.HI/c1-4-16-14(17-7-10-21-8-5-6-9-21)18-11-13-12-22-15(19-13)20(2)3;/h5-6,8-9,12H,4,7,10-11H2,1-3H3,(H2,16,17,18);1H. The lowest BCUT2D eigenvalue weighted by Crippen LogP contribution is -2.38. The zero-order valence-electron chi connectivity index (χ0n) is 13.8. The van der Waals surface area contributed by atoms with E-state index in [0.29, 0.717) is 6.54 Å². The quantitative estimate of drug-likeness (QED) is 0.388. The molecule has 0 unspecified atom stereocenters. The number of hydrogen-bond donors (Lipinski definition) is 2. The van der Waals surface area contributed by atoms with Crippen LogP contribution in [0.1, 0.15) is 12.6 Å². The summed E-state index contributed by atoms with van der Waals surface area (Å²) in [4.78, 5) is 11.1. The van der Waals surface area contributed by atoms with E-state index in [-0.39, 0.29) is 24.0 Å². The molecule has 128 valence electrons. The molecule has 0 amide bonds. The molecule has 0 radical (unpaired) electrons. The fourth-order valence-corrected chi connectivity index (χ4v) is 2.65. The Morgan fingerprint density at radius 1 is 1.30 bits per heavy atom. The summed E-state index contributed by atoms with van der Waals surface area (Å²) in [6.45, 7) is 5.24. The fraction of sp³-hybridized carbons (Fsp3) is 0.467. The lowest BCUT2D eigenvalue weighted by atomic mass is 10.5. The van der Waals surface area contributed by atoms with E-state index in [1.165, 1.54) is 0 Å². The van der Waals surface area contributed by atoms with Gasteiger partial charge in [0.15, 0.2) is 11.1 Å². The Kier molecular flexibility index (Phi) is 9.00. The van der Waals surface area contributed by atoms with Gasteiger partial charge in [0.2, 0.25) is 0 Å². The number of hydrogen-bond acceptors (Lipinski definition) is 4. The van der Waals surface area contributed by atoms with Crippen LogP contribution in [0.4, 0.5) is 5.13 Å². The highest BCUT2D eigenvalue weighted by Crippen LogP contribution is 2.18. The molecule has 6 nitrogen and oxygen atoms in total. The van der Waals surface area contributed by atoms with Crippen LogP contribution in [-0.4, -0.2) is 42.7 Å². The van der Waals surface area contributed by atoms with Gasteiger partial charge in [0.05, 0.1) is 12.2 Å². The summed E-state index contributed by atoms with van der Waals surface area (Å²) in [6.07, 6.45) is 4.12.